The second-order valence-electron chi connectivity index (χ2n) is 1.57. The van der Waals surface area contributed by atoms with Gasteiger partial charge in [-0.25, -0.2) is 0 Å². The molecule has 0 aromatic rings. The largest absolute Gasteiger partial charge is 0.365 e. The summed E-state index contributed by atoms with van der Waals surface area (Å²) in [6.45, 7) is 0. The topological polar surface area (TPSA) is 49.4 Å². The molecule has 1 N–H and O–H groups in total. The quantitative estimate of drug-likeness (QED) is 0.308. The van der Waals surface area contributed by atoms with Crippen LogP contribution in [0.3, 0.4) is 0 Å². The van der Waals surface area contributed by atoms with Gasteiger partial charge in [0.15, 0.2) is 5.11 Å². The fourth-order valence-electron chi connectivity index (χ4n) is 0.347. The molecule has 0 saturated heterocycles. The lowest BCUT2D eigenvalue weighted by Gasteiger charge is -2.13. The molecular formula is C5H8N2O2S. The van der Waals surface area contributed by atoms with Crippen molar-refractivity contribution in [1.29, 1.82) is 0 Å². The normalized spacial score (nSPS) is 8.20. The zero-order valence-corrected chi connectivity index (χ0v) is 6.57. The predicted octanol–water partition coefficient (Wildman–Crippen LogP) is -0.852. The van der Waals surface area contributed by atoms with Crippen LogP contribution in [0.5, 0.6) is 0 Å². The van der Waals surface area contributed by atoms with Gasteiger partial charge < -0.3 is 5.32 Å². The zero-order valence-electron chi connectivity index (χ0n) is 5.75. The zero-order chi connectivity index (χ0) is 8.15. The van der Waals surface area contributed by atoms with Crippen LogP contribution in [0.15, 0.2) is 0 Å². The maximum atomic E-state index is 10.5. The summed E-state index contributed by atoms with van der Waals surface area (Å²) in [6, 6.07) is 0. The molecule has 1 amide bonds. The van der Waals surface area contributed by atoms with Crippen LogP contribution in [-0.4, -0.2) is 36.3 Å². The third-order valence-corrected chi connectivity index (χ3v) is 1.43. The first-order valence-corrected chi connectivity index (χ1v) is 2.99. The number of thiocarbonyl (C=S) groups is 1. The van der Waals surface area contributed by atoms with E-state index in [2.05, 4.69) is 17.5 Å². The summed E-state index contributed by atoms with van der Waals surface area (Å²) in [4.78, 5) is 21.5. The molecule has 0 aliphatic heterocycles. The summed E-state index contributed by atoms with van der Waals surface area (Å²) >= 11 is 4.66. The highest BCUT2D eigenvalue weighted by molar-refractivity contribution is 7.80. The second-order valence-corrected chi connectivity index (χ2v) is 1.96. The van der Waals surface area contributed by atoms with Crippen molar-refractivity contribution >= 4 is 29.5 Å². The molecule has 0 heterocycles. The van der Waals surface area contributed by atoms with Crippen molar-refractivity contribution < 1.29 is 9.59 Å². The van der Waals surface area contributed by atoms with Crippen LogP contribution in [-0.2, 0) is 9.59 Å². The Morgan fingerprint density at radius 3 is 2.50 bits per heavy atom. The molecule has 0 aromatic carbocycles. The molecule has 0 aliphatic carbocycles. The molecule has 0 radical (unpaired) electrons. The molecule has 10 heavy (non-hydrogen) atoms. The highest BCUT2D eigenvalue weighted by atomic mass is 32.1. The number of carbonyl (C=O) groups is 2. The van der Waals surface area contributed by atoms with Crippen LogP contribution in [0.2, 0.25) is 0 Å². The molecule has 0 atom stereocenters. The average Bonchev–Trinajstić information content (AvgIpc) is 2.00. The van der Waals surface area contributed by atoms with Crippen LogP contribution in [0.25, 0.3) is 0 Å². The Balaban J connectivity index is 4.06. The van der Waals surface area contributed by atoms with Gasteiger partial charge >= 0.3 is 0 Å². The van der Waals surface area contributed by atoms with Gasteiger partial charge in [-0.15, -0.1) is 0 Å². The summed E-state index contributed by atoms with van der Waals surface area (Å²) in [6.07, 6.45) is 0.212. The maximum absolute atomic E-state index is 10.5. The molecule has 0 saturated carbocycles. The summed E-state index contributed by atoms with van der Waals surface area (Å²) in [5.41, 5.74) is 0. The van der Waals surface area contributed by atoms with Crippen molar-refractivity contribution in [3.63, 3.8) is 0 Å². The molecule has 0 unspecified atom stereocenters. The standard InChI is InChI=1S/C5H8N2O2S/c1-6-5(10)7(2)4(9)3-8/h3H,1-2H3,(H,6,10). The molecular weight excluding hydrogens is 152 g/mol. The number of nitrogens with one attached hydrogen (secondary N) is 1. The lowest BCUT2D eigenvalue weighted by molar-refractivity contribution is -0.135. The monoisotopic (exact) mass is 160 g/mol. The van der Waals surface area contributed by atoms with Gasteiger partial charge in [-0.3, -0.25) is 14.5 Å². The molecule has 5 heteroatoms. The average molecular weight is 160 g/mol. The lowest BCUT2D eigenvalue weighted by atomic mass is 10.6. The third kappa shape index (κ3) is 2.10. The van der Waals surface area contributed by atoms with Crippen LogP contribution < -0.4 is 5.32 Å². The van der Waals surface area contributed by atoms with Gasteiger partial charge in [0.25, 0.3) is 5.91 Å². The number of amides is 1. The van der Waals surface area contributed by atoms with Crippen molar-refractivity contribution in [1.82, 2.24) is 10.2 Å². The van der Waals surface area contributed by atoms with Crippen molar-refractivity contribution in [3.8, 4) is 0 Å². The van der Waals surface area contributed by atoms with Crippen LogP contribution in [0, 0.1) is 0 Å². The van der Waals surface area contributed by atoms with Gasteiger partial charge in [0.2, 0.25) is 6.29 Å². The molecule has 0 bridgehead atoms. The van der Waals surface area contributed by atoms with Gasteiger partial charge in [-0.1, -0.05) is 0 Å². The Kier molecular flexibility index (Phi) is 3.56. The van der Waals surface area contributed by atoms with E-state index < -0.39 is 5.91 Å². The maximum Gasteiger partial charge on any atom is 0.292 e. The van der Waals surface area contributed by atoms with E-state index in [4.69, 9.17) is 0 Å². The van der Waals surface area contributed by atoms with Crippen molar-refractivity contribution in [2.24, 2.45) is 0 Å². The van der Waals surface area contributed by atoms with Crippen LogP contribution >= 0.6 is 12.2 Å². The fraction of sp³-hybridized carbons (Fsp3) is 0.400. The minimum Gasteiger partial charge on any atom is -0.365 e. The van der Waals surface area contributed by atoms with E-state index in [-0.39, 0.29) is 11.4 Å². The van der Waals surface area contributed by atoms with Crippen molar-refractivity contribution in [2.75, 3.05) is 14.1 Å². The molecule has 0 spiro atoms. The highest BCUT2D eigenvalue weighted by Gasteiger charge is 2.09. The van der Waals surface area contributed by atoms with Gasteiger partial charge in [0, 0.05) is 14.1 Å². The number of rotatable bonds is 1. The number of hydrogen-bond donors (Lipinski definition) is 1. The highest BCUT2D eigenvalue weighted by Crippen LogP contribution is 1.82. The summed E-state index contributed by atoms with van der Waals surface area (Å²) in [5.74, 6) is -0.653. The van der Waals surface area contributed by atoms with E-state index in [0.29, 0.717) is 0 Å². The number of nitrogens with zero attached hydrogens (tertiary/aromatic N) is 1. The molecule has 0 rings (SSSR count). The van der Waals surface area contributed by atoms with E-state index >= 15 is 0 Å². The first kappa shape index (κ1) is 9.03. The van der Waals surface area contributed by atoms with Crippen LogP contribution in [0.1, 0.15) is 0 Å². The summed E-state index contributed by atoms with van der Waals surface area (Å²) in [7, 11) is 3.01. The molecule has 56 valence electrons. The first-order valence-electron chi connectivity index (χ1n) is 2.58. The summed E-state index contributed by atoms with van der Waals surface area (Å²) in [5, 5.41) is 2.79. The number of likely N-dealkylation sites (N-methyl/N-ethyl adjacent to an activating group) is 1. The molecule has 0 aliphatic rings. The van der Waals surface area contributed by atoms with Gasteiger partial charge in [-0.2, -0.15) is 0 Å². The van der Waals surface area contributed by atoms with E-state index in [1.54, 1.807) is 7.05 Å². The number of hydrogen-bond acceptors (Lipinski definition) is 3. The lowest BCUT2D eigenvalue weighted by Crippen LogP contribution is -2.39. The van der Waals surface area contributed by atoms with E-state index in [1.165, 1.54) is 7.05 Å². The fourth-order valence-corrected chi connectivity index (χ4v) is 0.437. The first-order chi connectivity index (χ1) is 4.63. The minimum atomic E-state index is -0.653. The molecule has 0 fully saturated rings. The smallest absolute Gasteiger partial charge is 0.292 e. The van der Waals surface area contributed by atoms with Crippen molar-refractivity contribution in [2.45, 2.75) is 0 Å². The van der Waals surface area contributed by atoms with Crippen molar-refractivity contribution in [3.05, 3.63) is 0 Å². The van der Waals surface area contributed by atoms with E-state index in [0.717, 1.165) is 4.90 Å². The molecule has 4 nitrogen and oxygen atoms in total. The Labute approximate surface area is 64.2 Å². The number of aldehydes is 1. The minimum absolute atomic E-state index is 0.212. The van der Waals surface area contributed by atoms with Crippen LogP contribution in [0.4, 0.5) is 0 Å². The van der Waals surface area contributed by atoms with E-state index in [1.807, 2.05) is 0 Å². The molecule has 0 aromatic heterocycles. The number of carbonyl (C=O) groups excluding carboxylic acids is 2. The Morgan fingerprint density at radius 1 is 1.70 bits per heavy atom. The second kappa shape index (κ2) is 3.94. The summed E-state index contributed by atoms with van der Waals surface area (Å²) < 4.78 is 0. The van der Waals surface area contributed by atoms with E-state index in [9.17, 15) is 9.59 Å². The third-order valence-electron chi connectivity index (χ3n) is 0.950. The van der Waals surface area contributed by atoms with Gasteiger partial charge in [0.05, 0.1) is 0 Å². The SMILES string of the molecule is CNC(=S)N(C)C(=O)C=O. The Bertz CT molecular complexity index is 169. The Hall–Kier alpha value is -0.970. The van der Waals surface area contributed by atoms with Gasteiger partial charge in [0.1, 0.15) is 0 Å². The predicted molar refractivity (Wildman–Crippen MR) is 40.5 cm³/mol. The Morgan fingerprint density at radius 2 is 2.20 bits per heavy atom. The van der Waals surface area contributed by atoms with Gasteiger partial charge in [-0.05, 0) is 12.2 Å².